The topological polar surface area (TPSA) is 18.5 Å². The minimum absolute atomic E-state index is 0.406. The molecule has 1 heterocycles. The van der Waals surface area contributed by atoms with Crippen molar-refractivity contribution in [3.05, 3.63) is 76.3 Å². The molecule has 1 fully saturated rings. The van der Waals surface area contributed by atoms with E-state index in [1.165, 1.54) is 97.6 Å². The van der Waals surface area contributed by atoms with Crippen LogP contribution in [0.1, 0.15) is 131 Å². The van der Waals surface area contributed by atoms with Crippen molar-refractivity contribution in [1.29, 1.82) is 0 Å². The smallest absolute Gasteiger partial charge is 0.399 e. The first-order valence-corrected chi connectivity index (χ1v) is 19.2. The molecule has 2 atom stereocenters. The van der Waals surface area contributed by atoms with Crippen molar-refractivity contribution in [2.24, 2.45) is 11.8 Å². The van der Waals surface area contributed by atoms with Crippen LogP contribution in [0.2, 0.25) is 0 Å². The van der Waals surface area contributed by atoms with Crippen LogP contribution in [-0.4, -0.2) is 18.3 Å². The van der Waals surface area contributed by atoms with Crippen molar-refractivity contribution in [1.82, 2.24) is 0 Å². The van der Waals surface area contributed by atoms with Gasteiger partial charge in [-0.15, -0.1) is 0 Å². The summed E-state index contributed by atoms with van der Waals surface area (Å²) in [6, 6.07) is 23.0. The summed E-state index contributed by atoms with van der Waals surface area (Å²) in [7, 11) is -0.433. The summed E-state index contributed by atoms with van der Waals surface area (Å²) in [5, 5.41) is 0. The summed E-state index contributed by atoms with van der Waals surface area (Å²) >= 11 is 3.84. The molecule has 0 aromatic heterocycles. The first-order chi connectivity index (χ1) is 22.0. The first kappa shape index (κ1) is 37.0. The van der Waals surface area contributed by atoms with Crippen molar-refractivity contribution in [2.75, 3.05) is 0 Å². The van der Waals surface area contributed by atoms with Crippen LogP contribution >= 0.6 is 15.9 Å². The second-order valence-corrected chi connectivity index (χ2v) is 15.8. The molecule has 0 N–H and O–H groups in total. The maximum absolute atomic E-state index is 6.69. The Labute approximate surface area is 290 Å². The fourth-order valence-corrected chi connectivity index (χ4v) is 7.40. The van der Waals surface area contributed by atoms with Gasteiger partial charge in [0.25, 0.3) is 0 Å². The Hall–Kier alpha value is -1.88. The van der Waals surface area contributed by atoms with Gasteiger partial charge >= 0.3 is 7.12 Å². The molecule has 0 aliphatic carbocycles. The number of halogens is 1. The van der Waals surface area contributed by atoms with Crippen LogP contribution in [0.4, 0.5) is 0 Å². The lowest BCUT2D eigenvalue weighted by Crippen LogP contribution is -2.41. The summed E-state index contributed by atoms with van der Waals surface area (Å²) < 4.78 is 14.5. The van der Waals surface area contributed by atoms with Gasteiger partial charge in [0.2, 0.25) is 0 Å². The predicted octanol–water partition coefficient (Wildman–Crippen LogP) is 12.4. The van der Waals surface area contributed by atoms with Gasteiger partial charge in [-0.05, 0) is 116 Å². The molecule has 0 bridgehead atoms. The molecule has 250 valence electrons. The highest BCUT2D eigenvalue weighted by atomic mass is 79.9. The average molecular weight is 688 g/mol. The number of hydrogen-bond acceptors (Lipinski definition) is 2. The lowest BCUT2D eigenvalue weighted by atomic mass is 9.73. The Kier molecular flexibility index (Phi) is 13.6. The quantitative estimate of drug-likeness (QED) is 0.132. The predicted molar refractivity (Wildman–Crippen MR) is 204 cm³/mol. The van der Waals surface area contributed by atoms with Crippen molar-refractivity contribution in [2.45, 2.75) is 144 Å². The number of rotatable bonds is 17. The molecule has 3 aromatic rings. The summed E-state index contributed by atoms with van der Waals surface area (Å²) in [5.41, 5.74) is 7.98. The zero-order chi connectivity index (χ0) is 33.3. The molecular formula is C42H60BBrO2. The van der Waals surface area contributed by atoms with Gasteiger partial charge in [0, 0.05) is 4.47 Å². The van der Waals surface area contributed by atoms with Crippen LogP contribution in [0.15, 0.2) is 65.1 Å². The Morgan fingerprint density at radius 2 is 1.22 bits per heavy atom. The minimum Gasteiger partial charge on any atom is -0.399 e. The van der Waals surface area contributed by atoms with E-state index in [0.29, 0.717) is 0 Å². The lowest BCUT2D eigenvalue weighted by molar-refractivity contribution is 0.00578. The molecule has 0 radical (unpaired) electrons. The third kappa shape index (κ3) is 9.60. The maximum atomic E-state index is 6.69. The first-order valence-electron chi connectivity index (χ1n) is 18.4. The number of benzene rings is 3. The van der Waals surface area contributed by atoms with E-state index in [1.54, 1.807) is 0 Å². The van der Waals surface area contributed by atoms with Gasteiger partial charge in [-0.25, -0.2) is 0 Å². The standard InChI is InChI=1S/C42H60BBrO2/c1-9-13-16-31(11-3)20-22-33-18-15-19-36(26-33)39-25-24-35(30-40(39)43-45-41(5,6)42(7,8)46-43)37-27-34(28-38(44)29-37)23-21-32(12-4)17-14-10-2/h15,18-19,24-32H,9-14,16-17,20-23H2,1-8H3. The third-order valence-electron chi connectivity index (χ3n) is 10.9. The summed E-state index contributed by atoms with van der Waals surface area (Å²) in [4.78, 5) is 0. The van der Waals surface area contributed by atoms with Crippen molar-refractivity contribution < 1.29 is 9.31 Å². The normalized spacial score (nSPS) is 16.9. The van der Waals surface area contributed by atoms with E-state index in [1.807, 2.05) is 0 Å². The van der Waals surface area contributed by atoms with Gasteiger partial charge in [0.05, 0.1) is 11.2 Å². The summed E-state index contributed by atoms with van der Waals surface area (Å²) in [5.74, 6) is 1.61. The Bertz CT molecular complexity index is 1380. The van der Waals surface area contributed by atoms with Crippen molar-refractivity contribution in [3.8, 4) is 22.3 Å². The van der Waals surface area contributed by atoms with Crippen LogP contribution in [0.5, 0.6) is 0 Å². The Balaban J connectivity index is 1.67. The van der Waals surface area contributed by atoms with E-state index in [2.05, 4.69) is 132 Å². The second-order valence-electron chi connectivity index (χ2n) is 14.8. The Morgan fingerprint density at radius 3 is 1.80 bits per heavy atom. The van der Waals surface area contributed by atoms with Crippen molar-refractivity contribution >= 4 is 28.5 Å². The molecule has 0 spiro atoms. The van der Waals surface area contributed by atoms with E-state index in [-0.39, 0.29) is 0 Å². The minimum atomic E-state index is -0.433. The van der Waals surface area contributed by atoms with E-state index in [0.717, 1.165) is 34.6 Å². The van der Waals surface area contributed by atoms with Gasteiger partial charge < -0.3 is 9.31 Å². The van der Waals surface area contributed by atoms with Crippen LogP contribution in [-0.2, 0) is 22.2 Å². The summed E-state index contributed by atoms with van der Waals surface area (Å²) in [6.07, 6.45) is 15.2. The zero-order valence-corrected chi connectivity index (χ0v) is 31.8. The van der Waals surface area contributed by atoms with E-state index in [9.17, 15) is 0 Å². The molecule has 0 amide bonds. The van der Waals surface area contributed by atoms with Gasteiger partial charge in [-0.1, -0.05) is 144 Å². The lowest BCUT2D eigenvalue weighted by Gasteiger charge is -2.32. The molecule has 46 heavy (non-hydrogen) atoms. The highest BCUT2D eigenvalue weighted by Gasteiger charge is 2.52. The third-order valence-corrected chi connectivity index (χ3v) is 11.3. The SMILES string of the molecule is CCCCC(CC)CCc1cc(Br)cc(-c2ccc(-c3cccc(CCC(CC)CCCC)c3)c(B3OC(C)(C)C(C)(C)O3)c2)c1. The van der Waals surface area contributed by atoms with Crippen molar-refractivity contribution in [3.63, 3.8) is 0 Å². The monoisotopic (exact) mass is 686 g/mol. The molecule has 4 rings (SSSR count). The van der Waals surface area contributed by atoms with Gasteiger partial charge in [0.15, 0.2) is 0 Å². The average Bonchev–Trinajstić information content (AvgIpc) is 3.26. The number of unbranched alkanes of at least 4 members (excludes halogenated alkanes) is 2. The summed E-state index contributed by atoms with van der Waals surface area (Å²) in [6.45, 7) is 17.9. The van der Waals surface area contributed by atoms with E-state index >= 15 is 0 Å². The largest absolute Gasteiger partial charge is 0.495 e. The molecule has 1 aliphatic rings. The van der Waals surface area contributed by atoms with E-state index in [4.69, 9.17) is 9.31 Å². The van der Waals surface area contributed by atoms with Crippen LogP contribution in [0, 0.1) is 11.8 Å². The molecule has 0 saturated carbocycles. The fraction of sp³-hybridized carbons (Fsp3) is 0.571. The van der Waals surface area contributed by atoms with Crippen LogP contribution in [0.25, 0.3) is 22.3 Å². The highest BCUT2D eigenvalue weighted by molar-refractivity contribution is 9.10. The van der Waals surface area contributed by atoms with E-state index < -0.39 is 18.3 Å². The Morgan fingerprint density at radius 1 is 0.630 bits per heavy atom. The molecular weight excluding hydrogens is 627 g/mol. The molecule has 1 aliphatic heterocycles. The van der Waals surface area contributed by atoms with Gasteiger partial charge in [-0.2, -0.15) is 0 Å². The zero-order valence-electron chi connectivity index (χ0n) is 30.2. The van der Waals surface area contributed by atoms with Gasteiger partial charge in [-0.3, -0.25) is 0 Å². The van der Waals surface area contributed by atoms with Gasteiger partial charge in [0.1, 0.15) is 0 Å². The fourth-order valence-electron chi connectivity index (χ4n) is 6.86. The molecule has 3 aromatic carbocycles. The molecule has 1 saturated heterocycles. The molecule has 2 nitrogen and oxygen atoms in total. The number of hydrogen-bond donors (Lipinski definition) is 0. The maximum Gasteiger partial charge on any atom is 0.495 e. The molecule has 4 heteroatoms. The molecule has 2 unspecified atom stereocenters. The highest BCUT2D eigenvalue weighted by Crippen LogP contribution is 2.38. The second kappa shape index (κ2) is 17.0. The van der Waals surface area contributed by atoms with Crippen LogP contribution < -0.4 is 5.46 Å². The van der Waals surface area contributed by atoms with Crippen LogP contribution in [0.3, 0.4) is 0 Å². The number of aryl methyl sites for hydroxylation is 2.